The Balaban J connectivity index is 2.07. The highest BCUT2D eigenvalue weighted by atomic mass is 16.5. The van der Waals surface area contributed by atoms with Crippen molar-refractivity contribution in [1.82, 2.24) is 5.32 Å². The highest BCUT2D eigenvalue weighted by molar-refractivity contribution is 5.85. The number of benzene rings is 2. The zero-order chi connectivity index (χ0) is 14.6. The molecule has 0 aliphatic carbocycles. The van der Waals surface area contributed by atoms with E-state index in [2.05, 4.69) is 41.7 Å². The minimum absolute atomic E-state index is 0.245. The van der Waals surface area contributed by atoms with E-state index in [0.29, 0.717) is 6.61 Å². The van der Waals surface area contributed by atoms with Crippen molar-refractivity contribution in [3.05, 3.63) is 48.0 Å². The molecule has 0 atom stereocenters. The number of carbonyl (C=O) groups excluding carboxylic acids is 1. The number of carbonyl (C=O) groups is 1. The van der Waals surface area contributed by atoms with Gasteiger partial charge in [0.05, 0.1) is 0 Å². The topological polar surface area (TPSA) is 38.3 Å². The molecule has 0 aliphatic rings. The van der Waals surface area contributed by atoms with E-state index in [1.165, 1.54) is 23.3 Å². The first-order valence-corrected chi connectivity index (χ1v) is 6.83. The van der Waals surface area contributed by atoms with Crippen molar-refractivity contribution in [2.24, 2.45) is 0 Å². The van der Waals surface area contributed by atoms with Gasteiger partial charge in [-0.1, -0.05) is 42.5 Å². The molecule has 3 nitrogen and oxygen atoms in total. The summed E-state index contributed by atoms with van der Waals surface area (Å²) >= 11 is 0. The maximum absolute atomic E-state index is 10.9. The van der Waals surface area contributed by atoms with Gasteiger partial charge in [0.25, 0.3) is 0 Å². The molecular weight excluding hydrogens is 250 g/mol. The Morgan fingerprint density at radius 3 is 2.60 bits per heavy atom. The monoisotopic (exact) mass is 271 g/mol. The normalized spacial score (nSPS) is 11.6. The van der Waals surface area contributed by atoms with Crippen LogP contribution in [0.5, 0.6) is 0 Å². The highest BCUT2D eigenvalue weighted by Gasteiger charge is 2.18. The van der Waals surface area contributed by atoms with E-state index in [1.807, 2.05) is 19.9 Å². The second kappa shape index (κ2) is 6.06. The third-order valence-electron chi connectivity index (χ3n) is 3.27. The quantitative estimate of drug-likeness (QED) is 0.848. The molecule has 0 heterocycles. The van der Waals surface area contributed by atoms with Crippen LogP contribution in [0.4, 0.5) is 0 Å². The molecule has 0 aromatic heterocycles. The molecule has 0 radical (unpaired) electrons. The van der Waals surface area contributed by atoms with E-state index >= 15 is 0 Å². The lowest BCUT2D eigenvalue weighted by atomic mass is 10.0. The van der Waals surface area contributed by atoms with Gasteiger partial charge in [-0.25, -0.2) is 0 Å². The summed E-state index contributed by atoms with van der Waals surface area (Å²) in [5, 5.41) is 5.94. The zero-order valence-corrected chi connectivity index (χ0v) is 12.3. The molecule has 1 N–H and O–H groups in total. The first-order valence-electron chi connectivity index (χ1n) is 6.83. The van der Waals surface area contributed by atoms with Crippen LogP contribution in [0.3, 0.4) is 0 Å². The Kier molecular flexibility index (Phi) is 4.40. The molecule has 0 saturated heterocycles. The number of nitrogens with one attached hydrogen (secondary N) is 1. The Labute approximate surface area is 119 Å². The van der Waals surface area contributed by atoms with E-state index < -0.39 is 0 Å². The van der Waals surface area contributed by atoms with Crippen LogP contribution < -0.4 is 5.32 Å². The summed E-state index contributed by atoms with van der Waals surface area (Å²) in [6, 6.07) is 14.6. The van der Waals surface area contributed by atoms with E-state index in [-0.39, 0.29) is 11.5 Å². The van der Waals surface area contributed by atoms with Gasteiger partial charge in [-0.05, 0) is 30.2 Å². The first-order chi connectivity index (χ1) is 9.48. The van der Waals surface area contributed by atoms with Gasteiger partial charge in [0, 0.05) is 19.0 Å². The Bertz CT molecular complexity index is 599. The number of ether oxygens (including phenoxy) is 1. The zero-order valence-electron chi connectivity index (χ0n) is 12.3. The Hall–Kier alpha value is -1.87. The van der Waals surface area contributed by atoms with Gasteiger partial charge < -0.3 is 10.1 Å². The van der Waals surface area contributed by atoms with Crippen LogP contribution in [0, 0.1) is 0 Å². The predicted molar refractivity (Wildman–Crippen MR) is 81.5 cm³/mol. The van der Waals surface area contributed by atoms with Crippen molar-refractivity contribution in [2.75, 3.05) is 6.61 Å². The van der Waals surface area contributed by atoms with Crippen molar-refractivity contribution >= 4 is 16.7 Å². The molecule has 20 heavy (non-hydrogen) atoms. The van der Waals surface area contributed by atoms with Gasteiger partial charge in [-0.2, -0.15) is 0 Å². The molecule has 106 valence electrons. The molecule has 0 spiro atoms. The Morgan fingerprint density at radius 1 is 1.15 bits per heavy atom. The standard InChI is InChI=1S/C17H21NO2/c1-13(19)20-12-17(2,3)18-11-15-9-6-8-14-7-4-5-10-16(14)15/h4-10,18H,11-12H2,1-3H3. The number of fused-ring (bicyclic) bond motifs is 1. The fraction of sp³-hybridized carbons (Fsp3) is 0.353. The molecule has 2 rings (SSSR count). The molecule has 3 heteroatoms. The highest BCUT2D eigenvalue weighted by Crippen LogP contribution is 2.19. The van der Waals surface area contributed by atoms with Crippen LogP contribution in [-0.2, 0) is 16.1 Å². The number of esters is 1. The molecule has 2 aromatic rings. The van der Waals surface area contributed by atoms with Gasteiger partial charge >= 0.3 is 5.97 Å². The van der Waals surface area contributed by atoms with Crippen LogP contribution in [0.2, 0.25) is 0 Å². The first kappa shape index (κ1) is 14.5. The van der Waals surface area contributed by atoms with Gasteiger partial charge in [-0.15, -0.1) is 0 Å². The van der Waals surface area contributed by atoms with Gasteiger partial charge in [-0.3, -0.25) is 4.79 Å². The lowest BCUT2D eigenvalue weighted by Gasteiger charge is -2.26. The van der Waals surface area contributed by atoms with Crippen LogP contribution in [0.25, 0.3) is 10.8 Å². The van der Waals surface area contributed by atoms with Crippen LogP contribution >= 0.6 is 0 Å². The lowest BCUT2D eigenvalue weighted by Crippen LogP contribution is -2.43. The minimum atomic E-state index is -0.247. The third kappa shape index (κ3) is 3.81. The molecule has 0 aliphatic heterocycles. The Morgan fingerprint density at radius 2 is 1.85 bits per heavy atom. The van der Waals surface area contributed by atoms with Crippen LogP contribution in [-0.4, -0.2) is 18.1 Å². The van der Waals surface area contributed by atoms with Crippen LogP contribution in [0.15, 0.2) is 42.5 Å². The van der Waals surface area contributed by atoms with E-state index in [1.54, 1.807) is 0 Å². The molecule has 2 aromatic carbocycles. The van der Waals surface area contributed by atoms with Gasteiger partial charge in [0.1, 0.15) is 6.61 Å². The molecule has 0 fully saturated rings. The molecular formula is C17H21NO2. The molecule has 0 unspecified atom stereocenters. The maximum atomic E-state index is 10.9. The average molecular weight is 271 g/mol. The summed E-state index contributed by atoms with van der Waals surface area (Å²) in [4.78, 5) is 10.9. The van der Waals surface area contributed by atoms with Crippen molar-refractivity contribution in [3.63, 3.8) is 0 Å². The summed E-state index contributed by atoms with van der Waals surface area (Å²) in [6.07, 6.45) is 0. The van der Waals surface area contributed by atoms with Crippen LogP contribution in [0.1, 0.15) is 26.3 Å². The van der Waals surface area contributed by atoms with Gasteiger partial charge in [0.15, 0.2) is 0 Å². The SMILES string of the molecule is CC(=O)OCC(C)(C)NCc1cccc2ccccc12. The fourth-order valence-electron chi connectivity index (χ4n) is 2.11. The summed E-state index contributed by atoms with van der Waals surface area (Å²) in [6.45, 7) is 6.60. The number of hydrogen-bond acceptors (Lipinski definition) is 3. The van der Waals surface area contributed by atoms with Gasteiger partial charge in [0.2, 0.25) is 0 Å². The predicted octanol–water partition coefficient (Wildman–Crippen LogP) is 3.27. The smallest absolute Gasteiger partial charge is 0.302 e. The number of hydrogen-bond donors (Lipinski definition) is 1. The minimum Gasteiger partial charge on any atom is -0.464 e. The maximum Gasteiger partial charge on any atom is 0.302 e. The average Bonchev–Trinajstić information content (AvgIpc) is 2.43. The second-order valence-electron chi connectivity index (χ2n) is 5.66. The molecule has 0 amide bonds. The summed E-state index contributed by atoms with van der Waals surface area (Å²) in [5.41, 5.74) is 1.00. The number of rotatable bonds is 5. The van der Waals surface area contributed by atoms with E-state index in [0.717, 1.165) is 6.54 Å². The summed E-state index contributed by atoms with van der Waals surface area (Å²) < 4.78 is 5.08. The summed E-state index contributed by atoms with van der Waals surface area (Å²) in [7, 11) is 0. The van der Waals surface area contributed by atoms with Crippen molar-refractivity contribution in [2.45, 2.75) is 32.9 Å². The third-order valence-corrected chi connectivity index (χ3v) is 3.27. The lowest BCUT2D eigenvalue weighted by molar-refractivity contribution is -0.142. The largest absolute Gasteiger partial charge is 0.464 e. The van der Waals surface area contributed by atoms with E-state index in [9.17, 15) is 4.79 Å². The van der Waals surface area contributed by atoms with Crippen molar-refractivity contribution < 1.29 is 9.53 Å². The van der Waals surface area contributed by atoms with E-state index in [4.69, 9.17) is 4.74 Å². The molecule has 0 bridgehead atoms. The van der Waals surface area contributed by atoms with Crippen molar-refractivity contribution in [3.8, 4) is 0 Å². The second-order valence-corrected chi connectivity index (χ2v) is 5.66. The fourth-order valence-corrected chi connectivity index (χ4v) is 2.11. The van der Waals surface area contributed by atoms with Crippen molar-refractivity contribution in [1.29, 1.82) is 0 Å². The summed E-state index contributed by atoms with van der Waals surface area (Å²) in [5.74, 6) is -0.245. The molecule has 0 saturated carbocycles.